The Morgan fingerprint density at radius 1 is 1.70 bits per heavy atom. The van der Waals surface area contributed by atoms with Crippen molar-refractivity contribution in [2.24, 2.45) is 0 Å². The molecular weight excluding hydrogens is 146 g/mol. The predicted molar refractivity (Wildman–Crippen MR) is 47.0 cm³/mol. The highest BCUT2D eigenvalue weighted by Gasteiger charge is 1.87. The molecule has 0 saturated carbocycles. The molecule has 10 heavy (non-hydrogen) atoms. The first-order chi connectivity index (χ1) is 4.81. The number of thiol groups is 1. The lowest BCUT2D eigenvalue weighted by atomic mass is 10.3. The van der Waals surface area contributed by atoms with E-state index in [1.165, 1.54) is 0 Å². The summed E-state index contributed by atoms with van der Waals surface area (Å²) < 4.78 is 0. The molecule has 0 radical (unpaired) electrons. The van der Waals surface area contributed by atoms with Crippen molar-refractivity contribution in [3.8, 4) is 0 Å². The molecule has 0 aromatic rings. The predicted octanol–water partition coefficient (Wildman–Crippen LogP) is 0.916. The Morgan fingerprint density at radius 3 is 2.90 bits per heavy atom. The van der Waals surface area contributed by atoms with Gasteiger partial charge in [0, 0.05) is 6.54 Å². The first kappa shape index (κ1) is 9.75. The van der Waals surface area contributed by atoms with Crippen molar-refractivity contribution in [3.63, 3.8) is 0 Å². The summed E-state index contributed by atoms with van der Waals surface area (Å²) in [6.07, 6.45) is 4.36. The van der Waals surface area contributed by atoms with Crippen LogP contribution in [0.1, 0.15) is 6.42 Å². The zero-order valence-electron chi connectivity index (χ0n) is 5.88. The fourth-order valence-electron chi connectivity index (χ4n) is 0.515. The standard InChI is InChI=1S/C7H13NOS/c1-2-3-7(10)4-5-8-6-9/h2-3,8-10H,1,4-6H2/b7-3-. The average molecular weight is 159 g/mol. The number of aliphatic hydroxyl groups excluding tert-OH is 1. The van der Waals surface area contributed by atoms with Crippen molar-refractivity contribution >= 4 is 12.6 Å². The minimum Gasteiger partial charge on any atom is -0.381 e. The number of rotatable bonds is 5. The summed E-state index contributed by atoms with van der Waals surface area (Å²) in [5.41, 5.74) is 0. The number of nitrogens with one attached hydrogen (secondary N) is 1. The second-order valence-electron chi connectivity index (χ2n) is 1.80. The molecule has 0 unspecified atom stereocenters. The van der Waals surface area contributed by atoms with Crippen LogP contribution in [0.2, 0.25) is 0 Å². The van der Waals surface area contributed by atoms with Gasteiger partial charge in [-0.15, -0.1) is 12.6 Å². The zero-order chi connectivity index (χ0) is 7.82. The van der Waals surface area contributed by atoms with Crippen molar-refractivity contribution in [3.05, 3.63) is 23.6 Å². The van der Waals surface area contributed by atoms with Gasteiger partial charge in [0.1, 0.15) is 0 Å². The minimum absolute atomic E-state index is 0.0230. The van der Waals surface area contributed by atoms with Crippen LogP contribution in [0, 0.1) is 0 Å². The molecule has 0 aliphatic rings. The molecule has 0 aromatic heterocycles. The van der Waals surface area contributed by atoms with Crippen LogP contribution in [-0.2, 0) is 0 Å². The summed E-state index contributed by atoms with van der Waals surface area (Å²) in [6, 6.07) is 0. The van der Waals surface area contributed by atoms with E-state index in [0.717, 1.165) is 17.9 Å². The fourth-order valence-corrected chi connectivity index (χ4v) is 0.732. The Bertz CT molecular complexity index is 123. The minimum atomic E-state index is 0.0230. The summed E-state index contributed by atoms with van der Waals surface area (Å²) >= 11 is 4.15. The maximum atomic E-state index is 8.33. The molecule has 2 N–H and O–H groups in total. The van der Waals surface area contributed by atoms with Crippen LogP contribution in [0.5, 0.6) is 0 Å². The van der Waals surface area contributed by atoms with E-state index in [0.29, 0.717) is 0 Å². The highest BCUT2D eigenvalue weighted by atomic mass is 32.1. The van der Waals surface area contributed by atoms with E-state index in [-0.39, 0.29) is 6.73 Å². The van der Waals surface area contributed by atoms with E-state index in [9.17, 15) is 0 Å². The molecule has 0 heterocycles. The van der Waals surface area contributed by atoms with Crippen LogP contribution in [-0.4, -0.2) is 18.4 Å². The topological polar surface area (TPSA) is 32.3 Å². The van der Waals surface area contributed by atoms with Crippen LogP contribution < -0.4 is 5.32 Å². The maximum absolute atomic E-state index is 8.33. The van der Waals surface area contributed by atoms with Gasteiger partial charge < -0.3 is 5.11 Å². The molecule has 0 aliphatic heterocycles. The van der Waals surface area contributed by atoms with Crippen LogP contribution >= 0.6 is 12.6 Å². The van der Waals surface area contributed by atoms with Crippen LogP contribution in [0.3, 0.4) is 0 Å². The van der Waals surface area contributed by atoms with E-state index in [1.807, 2.05) is 6.08 Å². The van der Waals surface area contributed by atoms with Gasteiger partial charge in [-0.1, -0.05) is 18.7 Å². The number of allylic oxidation sites excluding steroid dienone is 2. The summed E-state index contributed by atoms with van der Waals surface area (Å²) in [5.74, 6) is 0. The molecular formula is C7H13NOS. The molecule has 0 bridgehead atoms. The molecule has 0 rings (SSSR count). The van der Waals surface area contributed by atoms with Gasteiger partial charge in [-0.05, 0) is 11.3 Å². The third-order valence-corrected chi connectivity index (χ3v) is 1.35. The Morgan fingerprint density at radius 2 is 2.40 bits per heavy atom. The quantitative estimate of drug-likeness (QED) is 0.241. The van der Waals surface area contributed by atoms with Crippen LogP contribution in [0.15, 0.2) is 23.6 Å². The largest absolute Gasteiger partial charge is 0.381 e. The van der Waals surface area contributed by atoms with Gasteiger partial charge in [-0.25, -0.2) is 0 Å². The normalized spacial score (nSPS) is 11.6. The summed E-state index contributed by atoms with van der Waals surface area (Å²) in [5, 5.41) is 11.1. The highest BCUT2D eigenvalue weighted by molar-refractivity contribution is 7.84. The molecule has 2 nitrogen and oxygen atoms in total. The lowest BCUT2D eigenvalue weighted by molar-refractivity contribution is 0.262. The van der Waals surface area contributed by atoms with Crippen molar-refractivity contribution < 1.29 is 5.11 Å². The fraction of sp³-hybridized carbons (Fsp3) is 0.429. The van der Waals surface area contributed by atoms with Gasteiger partial charge in [-0.2, -0.15) is 0 Å². The molecule has 3 heteroatoms. The summed E-state index contributed by atoms with van der Waals surface area (Å²) in [7, 11) is 0. The second-order valence-corrected chi connectivity index (χ2v) is 2.38. The third-order valence-electron chi connectivity index (χ3n) is 0.980. The van der Waals surface area contributed by atoms with Gasteiger partial charge in [-0.3, -0.25) is 5.32 Å². The Balaban J connectivity index is 3.29. The zero-order valence-corrected chi connectivity index (χ0v) is 6.77. The number of hydrogen-bond donors (Lipinski definition) is 3. The summed E-state index contributed by atoms with van der Waals surface area (Å²) in [6.45, 7) is 4.31. The van der Waals surface area contributed by atoms with Gasteiger partial charge in [0.15, 0.2) is 0 Å². The number of aliphatic hydroxyl groups is 1. The monoisotopic (exact) mass is 159 g/mol. The van der Waals surface area contributed by atoms with Crippen molar-refractivity contribution in [2.75, 3.05) is 13.3 Å². The molecule has 0 amide bonds. The molecule has 0 aromatic carbocycles. The third kappa shape index (κ3) is 5.88. The van der Waals surface area contributed by atoms with Gasteiger partial charge >= 0.3 is 0 Å². The highest BCUT2D eigenvalue weighted by Crippen LogP contribution is 2.04. The van der Waals surface area contributed by atoms with E-state index in [4.69, 9.17) is 5.11 Å². The Hall–Kier alpha value is -0.250. The molecule has 0 aliphatic carbocycles. The Labute approximate surface area is 67.0 Å². The van der Waals surface area contributed by atoms with E-state index in [2.05, 4.69) is 24.5 Å². The molecule has 58 valence electrons. The molecule has 0 saturated heterocycles. The average Bonchev–Trinajstić information content (AvgIpc) is 1.89. The molecule has 0 fully saturated rings. The smallest absolute Gasteiger partial charge is 0.0931 e. The van der Waals surface area contributed by atoms with E-state index >= 15 is 0 Å². The van der Waals surface area contributed by atoms with E-state index < -0.39 is 0 Å². The van der Waals surface area contributed by atoms with Crippen molar-refractivity contribution in [2.45, 2.75) is 6.42 Å². The van der Waals surface area contributed by atoms with Crippen LogP contribution in [0.25, 0.3) is 0 Å². The number of hydrogen-bond acceptors (Lipinski definition) is 3. The van der Waals surface area contributed by atoms with Gasteiger partial charge in [0.05, 0.1) is 6.73 Å². The van der Waals surface area contributed by atoms with Crippen molar-refractivity contribution in [1.29, 1.82) is 0 Å². The Kier molecular flexibility index (Phi) is 6.69. The summed E-state index contributed by atoms with van der Waals surface area (Å²) in [4.78, 5) is 0.968. The lowest BCUT2D eigenvalue weighted by Gasteiger charge is -1.98. The first-order valence-electron chi connectivity index (χ1n) is 3.13. The SMILES string of the molecule is C=C/C=C(\S)CCNCO. The molecule has 0 atom stereocenters. The maximum Gasteiger partial charge on any atom is 0.0931 e. The molecule has 0 spiro atoms. The van der Waals surface area contributed by atoms with Gasteiger partial charge in [0.25, 0.3) is 0 Å². The van der Waals surface area contributed by atoms with Gasteiger partial charge in [0.2, 0.25) is 0 Å². The lowest BCUT2D eigenvalue weighted by Crippen LogP contribution is -2.15. The first-order valence-corrected chi connectivity index (χ1v) is 3.58. The van der Waals surface area contributed by atoms with Crippen LogP contribution in [0.4, 0.5) is 0 Å². The van der Waals surface area contributed by atoms with E-state index in [1.54, 1.807) is 6.08 Å². The van der Waals surface area contributed by atoms with Crippen molar-refractivity contribution in [1.82, 2.24) is 5.32 Å². The second kappa shape index (κ2) is 6.86.